The van der Waals surface area contributed by atoms with Gasteiger partial charge in [0.2, 0.25) is 0 Å². The molecule has 0 bridgehead atoms. The van der Waals surface area contributed by atoms with Crippen LogP contribution in [0.25, 0.3) is 11.4 Å². The van der Waals surface area contributed by atoms with E-state index in [0.717, 1.165) is 5.69 Å². The van der Waals surface area contributed by atoms with Crippen molar-refractivity contribution >= 4 is 23.3 Å². The lowest BCUT2D eigenvalue weighted by atomic mass is 10.2. The number of nitrogen functional groups attached to an aromatic ring is 1. The largest absolute Gasteiger partial charge is 0.464 e. The molecule has 0 atom stereocenters. The van der Waals surface area contributed by atoms with E-state index in [0.29, 0.717) is 10.7 Å². The van der Waals surface area contributed by atoms with E-state index < -0.39 is 5.97 Å². The zero-order valence-electron chi connectivity index (χ0n) is 12.6. The lowest BCUT2D eigenvalue weighted by molar-refractivity contribution is 0.0593. The number of carbonyl (C=O) groups is 1. The smallest absolute Gasteiger partial charge is 0.357 e. The van der Waals surface area contributed by atoms with E-state index in [1.807, 2.05) is 6.07 Å². The number of methoxy groups -OCH3 is 1. The molecule has 0 saturated heterocycles. The summed E-state index contributed by atoms with van der Waals surface area (Å²) < 4.78 is 8.01. The van der Waals surface area contributed by atoms with Gasteiger partial charge < -0.3 is 19.6 Å². The van der Waals surface area contributed by atoms with Crippen LogP contribution in [0.2, 0.25) is 5.02 Å². The summed E-state index contributed by atoms with van der Waals surface area (Å²) in [7, 11) is 1.25. The molecule has 2 heterocycles. The van der Waals surface area contributed by atoms with Gasteiger partial charge in [-0.25, -0.2) is 9.78 Å². The summed E-state index contributed by atoms with van der Waals surface area (Å²) in [6, 6.07) is 7.16. The van der Waals surface area contributed by atoms with Crippen LogP contribution in [-0.2, 0) is 4.74 Å². The highest BCUT2D eigenvalue weighted by Gasteiger charge is 2.22. The monoisotopic (exact) mass is 341 g/mol. The standard InChI is InChI=1S/C16H12ClN5O2/c1-24-16(23)15-14(19)10(7-18)8-22(15)11-2-3-13(12(17)6-11)21-5-4-20-9-21/h2-6,8-9H,19H2,1H3. The van der Waals surface area contributed by atoms with Gasteiger partial charge in [-0.3, -0.25) is 0 Å². The van der Waals surface area contributed by atoms with Crippen molar-refractivity contribution in [2.75, 3.05) is 12.8 Å². The quantitative estimate of drug-likeness (QED) is 0.738. The number of nitrogens with zero attached hydrogens (tertiary/aromatic N) is 4. The first-order valence-corrected chi connectivity index (χ1v) is 7.22. The van der Waals surface area contributed by atoms with Crippen molar-refractivity contribution in [2.24, 2.45) is 0 Å². The van der Waals surface area contributed by atoms with Crippen molar-refractivity contribution in [3.63, 3.8) is 0 Å². The normalized spacial score (nSPS) is 10.4. The third-order valence-electron chi connectivity index (χ3n) is 3.54. The highest BCUT2D eigenvalue weighted by molar-refractivity contribution is 6.32. The average molecular weight is 342 g/mol. The Bertz CT molecular complexity index is 954. The van der Waals surface area contributed by atoms with Crippen LogP contribution in [0.5, 0.6) is 0 Å². The Morgan fingerprint density at radius 3 is 2.83 bits per heavy atom. The lowest BCUT2D eigenvalue weighted by Gasteiger charge is -2.11. The molecular weight excluding hydrogens is 330 g/mol. The molecule has 0 spiro atoms. The van der Waals surface area contributed by atoms with E-state index in [1.54, 1.807) is 41.5 Å². The van der Waals surface area contributed by atoms with Gasteiger partial charge >= 0.3 is 5.97 Å². The predicted octanol–water partition coefficient (Wildman–Crippen LogP) is 2.56. The molecule has 8 heteroatoms. The number of aromatic nitrogens is 3. The molecular formula is C16H12ClN5O2. The van der Waals surface area contributed by atoms with Gasteiger partial charge in [0.25, 0.3) is 0 Å². The molecule has 3 rings (SSSR count). The number of nitrogens with two attached hydrogens (primary N) is 1. The van der Waals surface area contributed by atoms with Crippen LogP contribution in [-0.4, -0.2) is 27.2 Å². The maximum absolute atomic E-state index is 12.0. The Morgan fingerprint density at radius 2 is 2.25 bits per heavy atom. The first kappa shape index (κ1) is 15.6. The number of halogens is 1. The molecule has 2 aromatic heterocycles. The zero-order valence-corrected chi connectivity index (χ0v) is 13.4. The number of esters is 1. The Hall–Kier alpha value is -3.24. The van der Waals surface area contributed by atoms with Crippen LogP contribution < -0.4 is 5.73 Å². The second kappa shape index (κ2) is 6.10. The fourth-order valence-electron chi connectivity index (χ4n) is 2.37. The number of hydrogen-bond donors (Lipinski definition) is 1. The molecule has 0 saturated carbocycles. The molecule has 0 aliphatic carbocycles. The van der Waals surface area contributed by atoms with Gasteiger partial charge in [-0.05, 0) is 18.2 Å². The third kappa shape index (κ3) is 2.49. The second-order valence-corrected chi connectivity index (χ2v) is 5.29. The SMILES string of the molecule is COC(=O)c1c(N)c(C#N)cn1-c1ccc(-n2ccnc2)c(Cl)c1. The number of ether oxygens (including phenoxy) is 1. The van der Waals surface area contributed by atoms with Crippen molar-refractivity contribution in [1.29, 1.82) is 5.26 Å². The van der Waals surface area contributed by atoms with Crippen molar-refractivity contribution in [3.05, 3.63) is 59.4 Å². The molecule has 3 aromatic rings. The number of anilines is 1. The molecule has 0 radical (unpaired) electrons. The minimum atomic E-state index is -0.635. The minimum Gasteiger partial charge on any atom is -0.464 e. The van der Waals surface area contributed by atoms with Gasteiger partial charge in [0.1, 0.15) is 6.07 Å². The minimum absolute atomic E-state index is 0.0687. The fraction of sp³-hybridized carbons (Fsp3) is 0.0625. The van der Waals surface area contributed by atoms with Gasteiger partial charge in [0.05, 0.1) is 35.4 Å². The van der Waals surface area contributed by atoms with Crippen molar-refractivity contribution < 1.29 is 9.53 Å². The third-order valence-corrected chi connectivity index (χ3v) is 3.84. The van der Waals surface area contributed by atoms with Gasteiger partial charge in [0, 0.05) is 24.3 Å². The van der Waals surface area contributed by atoms with Gasteiger partial charge in [-0.15, -0.1) is 0 Å². The maximum atomic E-state index is 12.0. The van der Waals surface area contributed by atoms with Gasteiger partial charge in [-0.1, -0.05) is 11.6 Å². The summed E-state index contributed by atoms with van der Waals surface area (Å²) in [5.41, 5.74) is 7.54. The molecule has 24 heavy (non-hydrogen) atoms. The van der Waals surface area contributed by atoms with Crippen LogP contribution in [0.3, 0.4) is 0 Å². The molecule has 120 valence electrons. The number of imidazole rings is 1. The Morgan fingerprint density at radius 1 is 1.46 bits per heavy atom. The van der Waals surface area contributed by atoms with Crippen LogP contribution in [0.1, 0.15) is 16.1 Å². The molecule has 0 aliphatic heterocycles. The predicted molar refractivity (Wildman–Crippen MR) is 88.4 cm³/mol. The van der Waals surface area contributed by atoms with Crippen molar-refractivity contribution in [1.82, 2.24) is 14.1 Å². The van der Waals surface area contributed by atoms with E-state index in [-0.39, 0.29) is 16.9 Å². The van der Waals surface area contributed by atoms with Crippen molar-refractivity contribution in [2.45, 2.75) is 0 Å². The molecule has 7 nitrogen and oxygen atoms in total. The first-order chi connectivity index (χ1) is 11.6. The van der Waals surface area contributed by atoms with Crippen LogP contribution >= 0.6 is 11.6 Å². The Balaban J connectivity index is 2.15. The molecule has 0 amide bonds. The van der Waals surface area contributed by atoms with Crippen LogP contribution in [0, 0.1) is 11.3 Å². The average Bonchev–Trinajstić information content (AvgIpc) is 3.21. The summed E-state index contributed by atoms with van der Waals surface area (Å²) in [5, 5.41) is 9.60. The molecule has 0 aliphatic rings. The number of benzene rings is 1. The van der Waals surface area contributed by atoms with E-state index in [1.165, 1.54) is 17.9 Å². The summed E-state index contributed by atoms with van der Waals surface area (Å²) in [5.74, 6) is -0.635. The topological polar surface area (TPSA) is 98.9 Å². The summed E-state index contributed by atoms with van der Waals surface area (Å²) in [6.07, 6.45) is 6.51. The summed E-state index contributed by atoms with van der Waals surface area (Å²) >= 11 is 6.34. The number of rotatable bonds is 3. The lowest BCUT2D eigenvalue weighted by Crippen LogP contribution is -2.11. The van der Waals surface area contributed by atoms with E-state index in [9.17, 15) is 4.79 Å². The molecule has 0 fully saturated rings. The van der Waals surface area contributed by atoms with E-state index in [2.05, 4.69) is 4.98 Å². The molecule has 1 aromatic carbocycles. The van der Waals surface area contributed by atoms with Crippen LogP contribution in [0.15, 0.2) is 43.1 Å². The molecule has 0 unspecified atom stereocenters. The second-order valence-electron chi connectivity index (χ2n) is 4.88. The highest BCUT2D eigenvalue weighted by Crippen LogP contribution is 2.28. The van der Waals surface area contributed by atoms with Crippen molar-refractivity contribution in [3.8, 4) is 17.4 Å². The van der Waals surface area contributed by atoms with Gasteiger partial charge in [0.15, 0.2) is 5.69 Å². The fourth-order valence-corrected chi connectivity index (χ4v) is 2.65. The Labute approximate surface area is 142 Å². The summed E-state index contributed by atoms with van der Waals surface area (Å²) in [4.78, 5) is 16.0. The number of nitriles is 1. The first-order valence-electron chi connectivity index (χ1n) is 6.84. The number of carbonyl (C=O) groups excluding carboxylic acids is 1. The van der Waals surface area contributed by atoms with E-state index >= 15 is 0 Å². The van der Waals surface area contributed by atoms with Crippen LogP contribution in [0.4, 0.5) is 5.69 Å². The van der Waals surface area contributed by atoms with E-state index in [4.69, 9.17) is 27.3 Å². The Kier molecular flexibility index (Phi) is 3.98. The van der Waals surface area contributed by atoms with Gasteiger partial charge in [-0.2, -0.15) is 5.26 Å². The molecule has 2 N–H and O–H groups in total. The highest BCUT2D eigenvalue weighted by atomic mass is 35.5. The maximum Gasteiger partial charge on any atom is 0.357 e. The number of hydrogen-bond acceptors (Lipinski definition) is 5. The zero-order chi connectivity index (χ0) is 17.3. The summed E-state index contributed by atoms with van der Waals surface area (Å²) in [6.45, 7) is 0.